The number of aryl methyl sites for hydroxylation is 1. The van der Waals surface area contributed by atoms with Crippen molar-refractivity contribution in [3.8, 4) is 0 Å². The molecule has 2 rings (SSSR count). The van der Waals surface area contributed by atoms with Gasteiger partial charge in [-0.05, 0) is 12.8 Å². The van der Waals surface area contributed by atoms with Crippen molar-refractivity contribution in [1.82, 2.24) is 15.0 Å². The lowest BCUT2D eigenvalue weighted by Gasteiger charge is -2.18. The highest BCUT2D eigenvalue weighted by molar-refractivity contribution is 5.84. The van der Waals surface area contributed by atoms with E-state index in [1.807, 2.05) is 13.8 Å². The maximum Gasteiger partial charge on any atom is 0.246 e. The zero-order chi connectivity index (χ0) is 11.8. The summed E-state index contributed by atoms with van der Waals surface area (Å²) < 4.78 is 5.05. The van der Waals surface area contributed by atoms with E-state index in [9.17, 15) is 4.79 Å². The molecule has 0 saturated heterocycles. The summed E-state index contributed by atoms with van der Waals surface area (Å²) >= 11 is 0. The summed E-state index contributed by atoms with van der Waals surface area (Å²) in [4.78, 5) is 17.8. The zero-order valence-electron chi connectivity index (χ0n) is 9.99. The molecule has 1 amide bonds. The minimum Gasteiger partial charge on any atom is -0.337 e. The van der Waals surface area contributed by atoms with E-state index < -0.39 is 0 Å². The van der Waals surface area contributed by atoms with Gasteiger partial charge < -0.3 is 9.42 Å². The Morgan fingerprint density at radius 2 is 2.25 bits per heavy atom. The number of hydrogen-bond donors (Lipinski definition) is 0. The van der Waals surface area contributed by atoms with E-state index in [0.29, 0.717) is 18.3 Å². The average molecular weight is 223 g/mol. The molecule has 5 nitrogen and oxygen atoms in total. The van der Waals surface area contributed by atoms with E-state index >= 15 is 0 Å². The normalized spacial score (nSPS) is 17.2. The summed E-state index contributed by atoms with van der Waals surface area (Å²) in [6.07, 6.45) is 2.72. The van der Waals surface area contributed by atoms with Crippen LogP contribution in [0, 0.1) is 5.41 Å². The van der Waals surface area contributed by atoms with Crippen molar-refractivity contribution in [2.45, 2.75) is 39.7 Å². The molecule has 0 atom stereocenters. The Morgan fingerprint density at radius 1 is 1.56 bits per heavy atom. The molecule has 0 aromatic carbocycles. The largest absolute Gasteiger partial charge is 0.337 e. The number of hydrogen-bond acceptors (Lipinski definition) is 4. The summed E-state index contributed by atoms with van der Waals surface area (Å²) in [6.45, 7) is 4.37. The van der Waals surface area contributed by atoms with Gasteiger partial charge in [0.05, 0.1) is 6.54 Å². The molecule has 0 unspecified atom stereocenters. The molecule has 0 aliphatic heterocycles. The molecule has 0 bridgehead atoms. The first-order valence-electron chi connectivity index (χ1n) is 5.62. The quantitative estimate of drug-likeness (QED) is 0.774. The van der Waals surface area contributed by atoms with Crippen molar-refractivity contribution in [1.29, 1.82) is 0 Å². The van der Waals surface area contributed by atoms with Crippen molar-refractivity contribution in [2.75, 3.05) is 7.05 Å². The van der Waals surface area contributed by atoms with Crippen LogP contribution in [-0.2, 0) is 17.8 Å². The van der Waals surface area contributed by atoms with Gasteiger partial charge in [0, 0.05) is 18.9 Å². The molecule has 1 aliphatic carbocycles. The molecular formula is C11H17N3O2. The van der Waals surface area contributed by atoms with Crippen LogP contribution in [0.5, 0.6) is 0 Å². The number of nitrogens with zero attached hydrogens (tertiary/aromatic N) is 3. The molecule has 1 aromatic rings. The summed E-state index contributed by atoms with van der Waals surface area (Å²) in [5, 5.41) is 3.80. The standard InChI is InChI=1S/C11H17N3O2/c1-4-8-12-9(16-13-8)7-14(3)10(15)11(2)5-6-11/h4-7H2,1-3H3. The van der Waals surface area contributed by atoms with Gasteiger partial charge in [0.2, 0.25) is 11.8 Å². The molecule has 16 heavy (non-hydrogen) atoms. The minimum atomic E-state index is -0.137. The van der Waals surface area contributed by atoms with Crippen LogP contribution in [0.15, 0.2) is 4.52 Å². The van der Waals surface area contributed by atoms with Crippen molar-refractivity contribution < 1.29 is 9.32 Å². The Labute approximate surface area is 94.8 Å². The van der Waals surface area contributed by atoms with Crippen molar-refractivity contribution in [3.05, 3.63) is 11.7 Å². The fraction of sp³-hybridized carbons (Fsp3) is 0.727. The van der Waals surface area contributed by atoms with Crippen LogP contribution in [-0.4, -0.2) is 28.0 Å². The van der Waals surface area contributed by atoms with Crippen LogP contribution in [0.1, 0.15) is 38.4 Å². The van der Waals surface area contributed by atoms with E-state index in [0.717, 1.165) is 19.3 Å². The number of carbonyl (C=O) groups is 1. The topological polar surface area (TPSA) is 59.2 Å². The number of rotatable bonds is 4. The smallest absolute Gasteiger partial charge is 0.246 e. The first-order chi connectivity index (χ1) is 7.55. The Balaban J connectivity index is 1.96. The average Bonchev–Trinajstić information content (AvgIpc) is 2.86. The maximum atomic E-state index is 11.9. The summed E-state index contributed by atoms with van der Waals surface area (Å²) in [5.41, 5.74) is -0.137. The van der Waals surface area contributed by atoms with Crippen molar-refractivity contribution in [3.63, 3.8) is 0 Å². The number of carbonyl (C=O) groups excluding carboxylic acids is 1. The van der Waals surface area contributed by atoms with Gasteiger partial charge in [-0.1, -0.05) is 19.0 Å². The van der Waals surface area contributed by atoms with Gasteiger partial charge in [-0.15, -0.1) is 0 Å². The van der Waals surface area contributed by atoms with Crippen LogP contribution in [0.3, 0.4) is 0 Å². The van der Waals surface area contributed by atoms with Crippen LogP contribution >= 0.6 is 0 Å². The maximum absolute atomic E-state index is 11.9. The van der Waals surface area contributed by atoms with Crippen LogP contribution in [0.25, 0.3) is 0 Å². The van der Waals surface area contributed by atoms with Crippen molar-refractivity contribution in [2.24, 2.45) is 5.41 Å². The zero-order valence-corrected chi connectivity index (χ0v) is 9.99. The highest BCUT2D eigenvalue weighted by Crippen LogP contribution is 2.46. The van der Waals surface area contributed by atoms with E-state index in [4.69, 9.17) is 4.52 Å². The number of aromatic nitrogens is 2. The summed E-state index contributed by atoms with van der Waals surface area (Å²) in [6, 6.07) is 0. The lowest BCUT2D eigenvalue weighted by atomic mass is 10.1. The van der Waals surface area contributed by atoms with Gasteiger partial charge in [-0.3, -0.25) is 4.79 Å². The molecule has 5 heteroatoms. The predicted octanol–water partition coefficient (Wildman–Crippen LogP) is 1.39. The second-order valence-corrected chi connectivity index (χ2v) is 4.68. The van der Waals surface area contributed by atoms with Crippen LogP contribution in [0.2, 0.25) is 0 Å². The SMILES string of the molecule is CCc1noc(CN(C)C(=O)C2(C)CC2)n1. The highest BCUT2D eigenvalue weighted by atomic mass is 16.5. The van der Waals surface area contributed by atoms with E-state index in [2.05, 4.69) is 10.1 Å². The van der Waals surface area contributed by atoms with E-state index in [1.54, 1.807) is 11.9 Å². The Kier molecular flexibility index (Phi) is 2.69. The van der Waals surface area contributed by atoms with Gasteiger partial charge in [0.25, 0.3) is 0 Å². The molecule has 0 N–H and O–H groups in total. The summed E-state index contributed by atoms with van der Waals surface area (Å²) in [5.74, 6) is 1.37. The van der Waals surface area contributed by atoms with Crippen molar-refractivity contribution >= 4 is 5.91 Å². The van der Waals surface area contributed by atoms with E-state index in [1.165, 1.54) is 0 Å². The molecule has 0 radical (unpaired) electrons. The molecule has 1 fully saturated rings. The van der Waals surface area contributed by atoms with Crippen LogP contribution < -0.4 is 0 Å². The van der Waals surface area contributed by atoms with Gasteiger partial charge in [0.15, 0.2) is 5.82 Å². The molecule has 1 aliphatic rings. The fourth-order valence-corrected chi connectivity index (χ4v) is 1.63. The Hall–Kier alpha value is -1.39. The molecule has 0 spiro atoms. The first kappa shape index (κ1) is 11.1. The van der Waals surface area contributed by atoms with Gasteiger partial charge >= 0.3 is 0 Å². The van der Waals surface area contributed by atoms with Gasteiger partial charge in [0.1, 0.15) is 0 Å². The van der Waals surface area contributed by atoms with Gasteiger partial charge in [-0.2, -0.15) is 4.98 Å². The first-order valence-corrected chi connectivity index (χ1v) is 5.62. The highest BCUT2D eigenvalue weighted by Gasteiger charge is 2.46. The second-order valence-electron chi connectivity index (χ2n) is 4.68. The fourth-order valence-electron chi connectivity index (χ4n) is 1.63. The molecule has 1 heterocycles. The van der Waals surface area contributed by atoms with E-state index in [-0.39, 0.29) is 11.3 Å². The van der Waals surface area contributed by atoms with Crippen LogP contribution in [0.4, 0.5) is 0 Å². The Morgan fingerprint density at radius 3 is 2.75 bits per heavy atom. The monoisotopic (exact) mass is 223 g/mol. The Bertz CT molecular complexity index is 396. The summed E-state index contributed by atoms with van der Waals surface area (Å²) in [7, 11) is 1.78. The molecular weight excluding hydrogens is 206 g/mol. The molecule has 1 saturated carbocycles. The minimum absolute atomic E-state index is 0.137. The number of amides is 1. The molecule has 1 aromatic heterocycles. The third-order valence-corrected chi connectivity index (χ3v) is 3.06. The molecule has 88 valence electrons. The lowest BCUT2D eigenvalue weighted by Crippen LogP contribution is -2.32. The third-order valence-electron chi connectivity index (χ3n) is 3.06. The lowest BCUT2D eigenvalue weighted by molar-refractivity contribution is -0.135. The second kappa shape index (κ2) is 3.88. The predicted molar refractivity (Wildman–Crippen MR) is 57.5 cm³/mol. The third kappa shape index (κ3) is 2.08. The van der Waals surface area contributed by atoms with Gasteiger partial charge in [-0.25, -0.2) is 0 Å².